The molecule has 1 amide bonds. The summed E-state index contributed by atoms with van der Waals surface area (Å²) in [6.45, 7) is 1.44. The monoisotopic (exact) mass is 399 g/mol. The summed E-state index contributed by atoms with van der Waals surface area (Å²) < 4.78 is 40.2. The van der Waals surface area contributed by atoms with E-state index in [9.17, 15) is 18.0 Å². The molecule has 0 fully saturated rings. The van der Waals surface area contributed by atoms with Gasteiger partial charge in [0.15, 0.2) is 11.3 Å². The molecule has 6 nitrogen and oxygen atoms in total. The highest BCUT2D eigenvalue weighted by molar-refractivity contribution is 9.10. The SMILES string of the molecule is Cc1cc(C(F)(F)F)n2nc(C(=O)Nc3ccncc3)c(Br)c2n1. The second-order valence-corrected chi connectivity index (χ2v) is 5.66. The Kier molecular flexibility index (Phi) is 3.99. The van der Waals surface area contributed by atoms with Crippen LogP contribution in [0.2, 0.25) is 0 Å². The van der Waals surface area contributed by atoms with Gasteiger partial charge in [-0.05, 0) is 41.1 Å². The number of carbonyl (C=O) groups excluding carboxylic acids is 1. The number of pyridine rings is 1. The molecular formula is C14H9BrF3N5O. The predicted molar refractivity (Wildman–Crippen MR) is 82.6 cm³/mol. The van der Waals surface area contributed by atoms with Gasteiger partial charge in [0.2, 0.25) is 0 Å². The van der Waals surface area contributed by atoms with Gasteiger partial charge in [0.1, 0.15) is 5.69 Å². The van der Waals surface area contributed by atoms with Crippen molar-refractivity contribution >= 4 is 33.2 Å². The van der Waals surface area contributed by atoms with Gasteiger partial charge in [0.05, 0.1) is 4.47 Å². The number of carbonyl (C=O) groups is 1. The van der Waals surface area contributed by atoms with Crippen molar-refractivity contribution in [2.45, 2.75) is 13.1 Å². The molecule has 0 unspecified atom stereocenters. The normalized spacial score (nSPS) is 11.7. The third kappa shape index (κ3) is 2.96. The minimum Gasteiger partial charge on any atom is -0.320 e. The summed E-state index contributed by atoms with van der Waals surface area (Å²) >= 11 is 3.11. The number of nitrogens with one attached hydrogen (secondary N) is 1. The highest BCUT2D eigenvalue weighted by Gasteiger charge is 2.36. The average molecular weight is 400 g/mol. The largest absolute Gasteiger partial charge is 0.433 e. The van der Waals surface area contributed by atoms with Crippen LogP contribution in [0.5, 0.6) is 0 Å². The maximum atomic E-state index is 13.2. The number of hydrogen-bond donors (Lipinski definition) is 1. The van der Waals surface area contributed by atoms with Crippen molar-refractivity contribution in [1.29, 1.82) is 0 Å². The number of aryl methyl sites for hydroxylation is 1. The van der Waals surface area contributed by atoms with E-state index in [2.05, 4.69) is 36.3 Å². The number of fused-ring (bicyclic) bond motifs is 1. The molecule has 0 saturated carbocycles. The number of rotatable bonds is 2. The second kappa shape index (κ2) is 5.86. The van der Waals surface area contributed by atoms with Crippen LogP contribution >= 0.6 is 15.9 Å². The maximum absolute atomic E-state index is 13.2. The summed E-state index contributed by atoms with van der Waals surface area (Å²) in [5.41, 5.74) is -0.679. The van der Waals surface area contributed by atoms with E-state index in [0.717, 1.165) is 6.07 Å². The van der Waals surface area contributed by atoms with Crippen molar-refractivity contribution in [3.63, 3.8) is 0 Å². The number of amides is 1. The van der Waals surface area contributed by atoms with Gasteiger partial charge in [0, 0.05) is 23.8 Å². The molecule has 24 heavy (non-hydrogen) atoms. The Balaban J connectivity index is 2.10. The summed E-state index contributed by atoms with van der Waals surface area (Å²) in [7, 11) is 0. The standard InChI is InChI=1S/C14H9BrF3N5O/c1-7-6-9(14(16,17)18)23-12(20-7)10(15)11(22-23)13(24)21-8-2-4-19-5-3-8/h2-6H,1H3,(H,19,21,24). The first-order valence-corrected chi connectivity index (χ1v) is 7.41. The molecule has 0 saturated heterocycles. The van der Waals surface area contributed by atoms with E-state index in [1.54, 1.807) is 12.1 Å². The van der Waals surface area contributed by atoms with Gasteiger partial charge in [-0.25, -0.2) is 9.50 Å². The van der Waals surface area contributed by atoms with Crippen LogP contribution in [0, 0.1) is 6.92 Å². The van der Waals surface area contributed by atoms with E-state index in [1.807, 2.05) is 0 Å². The molecule has 0 aliphatic carbocycles. The van der Waals surface area contributed by atoms with E-state index >= 15 is 0 Å². The minimum absolute atomic E-state index is 0.0813. The predicted octanol–water partition coefficient (Wildman–Crippen LogP) is 3.47. The highest BCUT2D eigenvalue weighted by atomic mass is 79.9. The van der Waals surface area contributed by atoms with Gasteiger partial charge in [-0.3, -0.25) is 9.78 Å². The Morgan fingerprint density at radius 2 is 1.96 bits per heavy atom. The second-order valence-electron chi connectivity index (χ2n) is 4.87. The molecule has 3 rings (SSSR count). The van der Waals surface area contributed by atoms with Crippen LogP contribution in [-0.2, 0) is 6.18 Å². The molecule has 124 valence electrons. The van der Waals surface area contributed by atoms with Crippen LogP contribution in [0.25, 0.3) is 5.65 Å². The quantitative estimate of drug-likeness (QED) is 0.715. The van der Waals surface area contributed by atoms with Crippen molar-refractivity contribution < 1.29 is 18.0 Å². The molecule has 0 atom stereocenters. The Morgan fingerprint density at radius 3 is 2.58 bits per heavy atom. The number of aromatic nitrogens is 4. The molecule has 3 aromatic rings. The van der Waals surface area contributed by atoms with Crippen LogP contribution in [0.1, 0.15) is 21.9 Å². The van der Waals surface area contributed by atoms with E-state index < -0.39 is 17.8 Å². The van der Waals surface area contributed by atoms with Gasteiger partial charge < -0.3 is 5.32 Å². The van der Waals surface area contributed by atoms with Crippen LogP contribution in [0.4, 0.5) is 18.9 Å². The van der Waals surface area contributed by atoms with E-state index in [0.29, 0.717) is 10.2 Å². The Bertz CT molecular complexity index is 924. The van der Waals surface area contributed by atoms with E-state index in [-0.39, 0.29) is 21.5 Å². The molecule has 10 heteroatoms. The van der Waals surface area contributed by atoms with Crippen molar-refractivity contribution in [2.24, 2.45) is 0 Å². The fraction of sp³-hybridized carbons (Fsp3) is 0.143. The molecule has 1 N–H and O–H groups in total. The summed E-state index contributed by atoms with van der Waals surface area (Å²) in [5.74, 6) is -0.663. The molecule has 3 heterocycles. The summed E-state index contributed by atoms with van der Waals surface area (Å²) in [6.07, 6.45) is -1.68. The fourth-order valence-electron chi connectivity index (χ4n) is 2.09. The first-order valence-electron chi connectivity index (χ1n) is 6.62. The van der Waals surface area contributed by atoms with Crippen LogP contribution in [-0.4, -0.2) is 25.5 Å². The van der Waals surface area contributed by atoms with E-state index in [4.69, 9.17) is 0 Å². The highest BCUT2D eigenvalue weighted by Crippen LogP contribution is 2.32. The summed E-state index contributed by atoms with van der Waals surface area (Å²) in [5, 5.41) is 6.31. The molecule has 0 aliphatic heterocycles. The first kappa shape index (κ1) is 16.4. The van der Waals surface area contributed by atoms with E-state index in [1.165, 1.54) is 19.3 Å². The third-order valence-corrected chi connectivity index (χ3v) is 3.83. The number of halogens is 4. The number of anilines is 1. The average Bonchev–Trinajstić information content (AvgIpc) is 2.84. The summed E-state index contributed by atoms with van der Waals surface area (Å²) in [4.78, 5) is 20.1. The smallest absolute Gasteiger partial charge is 0.320 e. The van der Waals surface area contributed by atoms with Gasteiger partial charge in [-0.2, -0.15) is 18.3 Å². The Morgan fingerprint density at radius 1 is 1.29 bits per heavy atom. The molecular weight excluding hydrogens is 391 g/mol. The molecule has 0 aromatic carbocycles. The number of alkyl halides is 3. The Hall–Kier alpha value is -2.49. The van der Waals surface area contributed by atoms with Crippen LogP contribution < -0.4 is 5.32 Å². The lowest BCUT2D eigenvalue weighted by Gasteiger charge is -2.09. The summed E-state index contributed by atoms with van der Waals surface area (Å²) in [6, 6.07) is 3.97. The lowest BCUT2D eigenvalue weighted by atomic mass is 10.3. The van der Waals surface area contributed by atoms with Crippen LogP contribution in [0.15, 0.2) is 35.1 Å². The lowest BCUT2D eigenvalue weighted by molar-refractivity contribution is -0.142. The first-order chi connectivity index (χ1) is 11.3. The molecule has 0 aliphatic rings. The molecule has 3 aromatic heterocycles. The zero-order valence-corrected chi connectivity index (χ0v) is 13.7. The minimum atomic E-state index is -4.63. The molecule has 0 radical (unpaired) electrons. The van der Waals surface area contributed by atoms with Crippen molar-refractivity contribution in [2.75, 3.05) is 5.32 Å². The lowest BCUT2D eigenvalue weighted by Crippen LogP contribution is -2.15. The maximum Gasteiger partial charge on any atom is 0.433 e. The van der Waals surface area contributed by atoms with Crippen molar-refractivity contribution in [3.05, 3.63) is 52.1 Å². The zero-order valence-electron chi connectivity index (χ0n) is 12.1. The number of hydrogen-bond acceptors (Lipinski definition) is 4. The molecule has 0 bridgehead atoms. The van der Waals surface area contributed by atoms with Gasteiger partial charge in [0.25, 0.3) is 5.91 Å². The Labute approximate surface area is 141 Å². The fourth-order valence-corrected chi connectivity index (χ4v) is 2.60. The van der Waals surface area contributed by atoms with Crippen LogP contribution in [0.3, 0.4) is 0 Å². The van der Waals surface area contributed by atoms with Gasteiger partial charge in [-0.15, -0.1) is 0 Å². The van der Waals surface area contributed by atoms with Gasteiger partial charge >= 0.3 is 6.18 Å². The topological polar surface area (TPSA) is 72.2 Å². The third-order valence-electron chi connectivity index (χ3n) is 3.10. The molecule has 0 spiro atoms. The van der Waals surface area contributed by atoms with Crippen molar-refractivity contribution in [3.8, 4) is 0 Å². The van der Waals surface area contributed by atoms with Gasteiger partial charge in [-0.1, -0.05) is 0 Å². The number of nitrogens with zero attached hydrogens (tertiary/aromatic N) is 4. The zero-order chi connectivity index (χ0) is 17.5. The van der Waals surface area contributed by atoms with Crippen molar-refractivity contribution in [1.82, 2.24) is 19.6 Å².